The third kappa shape index (κ3) is 2.84. The standard InChI is InChI=1S/C8H11IN2O/c1-5-3-7(9)11-8(4-5)10-6(2)12/h3-4,7,11H,1-2H3,(H,10,12). The van der Waals surface area contributed by atoms with E-state index in [0.29, 0.717) is 0 Å². The van der Waals surface area contributed by atoms with E-state index in [0.717, 1.165) is 11.4 Å². The molecule has 0 radical (unpaired) electrons. The van der Waals surface area contributed by atoms with E-state index in [9.17, 15) is 4.79 Å². The summed E-state index contributed by atoms with van der Waals surface area (Å²) in [6.07, 6.45) is 4.00. The minimum atomic E-state index is -0.0490. The van der Waals surface area contributed by atoms with Crippen LogP contribution in [0.25, 0.3) is 0 Å². The van der Waals surface area contributed by atoms with Crippen molar-refractivity contribution < 1.29 is 4.79 Å². The molecule has 3 nitrogen and oxygen atoms in total. The van der Waals surface area contributed by atoms with Crippen molar-refractivity contribution in [1.29, 1.82) is 0 Å². The monoisotopic (exact) mass is 278 g/mol. The van der Waals surface area contributed by atoms with Crippen molar-refractivity contribution in [2.45, 2.75) is 17.9 Å². The Labute approximate surface area is 85.4 Å². The van der Waals surface area contributed by atoms with Crippen LogP contribution in [-0.4, -0.2) is 9.96 Å². The van der Waals surface area contributed by atoms with Gasteiger partial charge in [0.15, 0.2) is 0 Å². The molecule has 0 saturated carbocycles. The lowest BCUT2D eigenvalue weighted by molar-refractivity contribution is -0.118. The highest BCUT2D eigenvalue weighted by Crippen LogP contribution is 2.11. The van der Waals surface area contributed by atoms with Crippen molar-refractivity contribution in [2.24, 2.45) is 0 Å². The minimum absolute atomic E-state index is 0.0490. The predicted octanol–water partition coefficient (Wildman–Crippen LogP) is 1.27. The number of allylic oxidation sites excluding steroid dienone is 2. The van der Waals surface area contributed by atoms with Gasteiger partial charge in [-0.15, -0.1) is 0 Å². The molecule has 0 aromatic carbocycles. The Morgan fingerprint density at radius 2 is 2.42 bits per heavy atom. The van der Waals surface area contributed by atoms with Crippen LogP contribution in [0.1, 0.15) is 13.8 Å². The van der Waals surface area contributed by atoms with Gasteiger partial charge in [-0.25, -0.2) is 0 Å². The first-order valence-corrected chi connectivity index (χ1v) is 4.91. The van der Waals surface area contributed by atoms with E-state index in [1.54, 1.807) is 0 Å². The minimum Gasteiger partial charge on any atom is -0.356 e. The molecule has 0 bridgehead atoms. The van der Waals surface area contributed by atoms with Gasteiger partial charge in [-0.3, -0.25) is 4.79 Å². The largest absolute Gasteiger partial charge is 0.356 e. The maximum absolute atomic E-state index is 10.7. The molecular formula is C8H11IN2O. The van der Waals surface area contributed by atoms with E-state index in [1.807, 2.05) is 13.0 Å². The molecule has 0 aromatic rings. The lowest BCUT2D eigenvalue weighted by atomic mass is 10.2. The molecule has 0 fully saturated rings. The van der Waals surface area contributed by atoms with Gasteiger partial charge in [-0.1, -0.05) is 22.6 Å². The molecule has 1 heterocycles. The molecule has 1 unspecified atom stereocenters. The smallest absolute Gasteiger partial charge is 0.222 e. The number of carbonyl (C=O) groups excluding carboxylic acids is 1. The van der Waals surface area contributed by atoms with Crippen molar-refractivity contribution in [3.63, 3.8) is 0 Å². The summed E-state index contributed by atoms with van der Waals surface area (Å²) in [7, 11) is 0. The van der Waals surface area contributed by atoms with Crippen LogP contribution < -0.4 is 10.6 Å². The van der Waals surface area contributed by atoms with Crippen molar-refractivity contribution >= 4 is 28.5 Å². The molecule has 1 aliphatic heterocycles. The quantitative estimate of drug-likeness (QED) is 0.431. The molecule has 1 atom stereocenters. The van der Waals surface area contributed by atoms with Crippen LogP contribution >= 0.6 is 22.6 Å². The molecule has 0 saturated heterocycles. The molecule has 2 N–H and O–H groups in total. The van der Waals surface area contributed by atoms with Gasteiger partial charge < -0.3 is 10.6 Å². The first-order chi connectivity index (χ1) is 5.58. The number of hydrogen-bond donors (Lipinski definition) is 2. The Kier molecular flexibility index (Phi) is 3.13. The van der Waals surface area contributed by atoms with Gasteiger partial charge in [0.1, 0.15) is 5.82 Å². The summed E-state index contributed by atoms with van der Waals surface area (Å²) >= 11 is 2.25. The van der Waals surface area contributed by atoms with E-state index >= 15 is 0 Å². The van der Waals surface area contributed by atoms with Crippen LogP contribution in [0.5, 0.6) is 0 Å². The molecule has 4 heteroatoms. The summed E-state index contributed by atoms with van der Waals surface area (Å²) in [6, 6.07) is 0. The fourth-order valence-electron chi connectivity index (χ4n) is 1.00. The Balaban J connectivity index is 2.66. The molecule has 1 aliphatic rings. The summed E-state index contributed by atoms with van der Waals surface area (Å²) in [5.74, 6) is 0.731. The SMILES string of the molecule is CC(=O)NC1=CC(C)=CC(I)N1. The van der Waals surface area contributed by atoms with E-state index < -0.39 is 0 Å². The number of dihydropyridines is 1. The lowest BCUT2D eigenvalue weighted by Gasteiger charge is -2.18. The number of carbonyl (C=O) groups is 1. The number of amides is 1. The van der Waals surface area contributed by atoms with Gasteiger partial charge in [0.05, 0.1) is 4.05 Å². The maximum atomic E-state index is 10.7. The number of nitrogens with one attached hydrogen (secondary N) is 2. The van der Waals surface area contributed by atoms with Gasteiger partial charge in [-0.05, 0) is 24.6 Å². The van der Waals surface area contributed by atoms with Gasteiger partial charge in [0.25, 0.3) is 0 Å². The second-order valence-corrected chi connectivity index (χ2v) is 4.04. The molecule has 0 aliphatic carbocycles. The lowest BCUT2D eigenvalue weighted by Crippen LogP contribution is -2.34. The zero-order valence-electron chi connectivity index (χ0n) is 7.02. The normalized spacial score (nSPS) is 22.1. The summed E-state index contributed by atoms with van der Waals surface area (Å²) in [5.41, 5.74) is 1.16. The average molecular weight is 278 g/mol. The highest BCUT2D eigenvalue weighted by atomic mass is 127. The molecule has 12 heavy (non-hydrogen) atoms. The van der Waals surface area contributed by atoms with Gasteiger partial charge in [0.2, 0.25) is 5.91 Å². The van der Waals surface area contributed by atoms with Gasteiger partial charge >= 0.3 is 0 Å². The van der Waals surface area contributed by atoms with Crippen LogP contribution in [-0.2, 0) is 4.79 Å². The zero-order chi connectivity index (χ0) is 9.14. The third-order valence-corrected chi connectivity index (χ3v) is 2.06. The summed E-state index contributed by atoms with van der Waals surface area (Å²) in [5, 5.41) is 5.83. The van der Waals surface area contributed by atoms with Crippen molar-refractivity contribution in [3.8, 4) is 0 Å². The summed E-state index contributed by atoms with van der Waals surface area (Å²) in [6.45, 7) is 3.51. The van der Waals surface area contributed by atoms with Crippen LogP contribution in [0, 0.1) is 0 Å². The van der Waals surface area contributed by atoms with Crippen molar-refractivity contribution in [3.05, 3.63) is 23.5 Å². The average Bonchev–Trinajstić information content (AvgIpc) is 1.81. The molecule has 0 aromatic heterocycles. The molecule has 66 valence electrons. The molecule has 1 amide bonds. The van der Waals surface area contributed by atoms with Crippen LogP contribution in [0.15, 0.2) is 23.5 Å². The van der Waals surface area contributed by atoms with E-state index in [1.165, 1.54) is 6.92 Å². The number of rotatable bonds is 1. The fourth-order valence-corrected chi connectivity index (χ4v) is 1.90. The van der Waals surface area contributed by atoms with Gasteiger partial charge in [-0.2, -0.15) is 0 Å². The second-order valence-electron chi connectivity index (χ2n) is 2.70. The van der Waals surface area contributed by atoms with Crippen LogP contribution in [0.4, 0.5) is 0 Å². The number of alkyl halides is 1. The van der Waals surface area contributed by atoms with Crippen molar-refractivity contribution in [1.82, 2.24) is 10.6 Å². The topological polar surface area (TPSA) is 41.1 Å². The van der Waals surface area contributed by atoms with Crippen LogP contribution in [0.3, 0.4) is 0 Å². The van der Waals surface area contributed by atoms with E-state index in [-0.39, 0.29) is 9.96 Å². The third-order valence-electron chi connectivity index (χ3n) is 1.39. The summed E-state index contributed by atoms with van der Waals surface area (Å²) in [4.78, 5) is 10.7. The molecule has 0 spiro atoms. The van der Waals surface area contributed by atoms with Crippen LogP contribution in [0.2, 0.25) is 0 Å². The van der Waals surface area contributed by atoms with Crippen molar-refractivity contribution in [2.75, 3.05) is 0 Å². The maximum Gasteiger partial charge on any atom is 0.222 e. The second kappa shape index (κ2) is 3.93. The Morgan fingerprint density at radius 3 is 2.92 bits per heavy atom. The number of halogens is 1. The highest BCUT2D eigenvalue weighted by Gasteiger charge is 2.09. The highest BCUT2D eigenvalue weighted by molar-refractivity contribution is 14.1. The first-order valence-electron chi connectivity index (χ1n) is 3.66. The Bertz CT molecular complexity index is 258. The van der Waals surface area contributed by atoms with E-state index in [2.05, 4.69) is 39.3 Å². The number of hydrogen-bond acceptors (Lipinski definition) is 2. The Morgan fingerprint density at radius 1 is 1.75 bits per heavy atom. The summed E-state index contributed by atoms with van der Waals surface area (Å²) < 4.78 is 0.259. The fraction of sp³-hybridized carbons (Fsp3) is 0.375. The molecular weight excluding hydrogens is 267 g/mol. The van der Waals surface area contributed by atoms with Gasteiger partial charge in [0, 0.05) is 6.92 Å². The van der Waals surface area contributed by atoms with E-state index in [4.69, 9.17) is 0 Å². The zero-order valence-corrected chi connectivity index (χ0v) is 9.18. The predicted molar refractivity (Wildman–Crippen MR) is 56.6 cm³/mol. The first kappa shape index (κ1) is 9.57. The molecule has 1 rings (SSSR count). The Hall–Kier alpha value is -0.520.